The van der Waals surface area contributed by atoms with Crippen LogP contribution in [0.4, 0.5) is 4.39 Å². The molecular formula is C24H30FN3O7S2. The van der Waals surface area contributed by atoms with E-state index in [1.54, 1.807) is 11.0 Å². The normalized spacial score (nSPS) is 20.9. The number of pyridine rings is 1. The molecule has 1 aromatic carbocycles. The lowest BCUT2D eigenvalue weighted by Gasteiger charge is -2.41. The van der Waals surface area contributed by atoms with Crippen LogP contribution in [0.3, 0.4) is 0 Å². The lowest BCUT2D eigenvalue weighted by Crippen LogP contribution is -2.55. The summed E-state index contributed by atoms with van der Waals surface area (Å²) in [5, 5.41) is 15.1. The lowest BCUT2D eigenvalue weighted by atomic mass is 10.0. The fourth-order valence-corrected chi connectivity index (χ4v) is 6.87. The molecule has 1 unspecified atom stereocenters. The summed E-state index contributed by atoms with van der Waals surface area (Å²) in [4.78, 5) is 5.10. The van der Waals surface area contributed by atoms with E-state index in [2.05, 4.69) is 4.98 Å². The Hall–Kier alpha value is -2.16. The smallest absolute Gasteiger partial charge is 0.238 e. The number of sulfonamides is 1. The fourth-order valence-electron chi connectivity index (χ4n) is 4.62. The third-order valence-corrected chi connectivity index (χ3v) is 10.2. The highest BCUT2D eigenvalue weighted by molar-refractivity contribution is 7.92. The molecule has 2 aliphatic heterocycles. The first kappa shape index (κ1) is 26.4. The number of ether oxygens (including phenoxy) is 2. The summed E-state index contributed by atoms with van der Waals surface area (Å²) in [6.45, 7) is 1.91. The number of aliphatic hydroxyl groups is 1. The van der Waals surface area contributed by atoms with Gasteiger partial charge >= 0.3 is 0 Å². The first-order valence-electron chi connectivity index (χ1n) is 12.2. The second kappa shape index (κ2) is 10.2. The predicted octanol–water partition coefficient (Wildman–Crippen LogP) is 1.70. The summed E-state index contributed by atoms with van der Waals surface area (Å²) in [6, 6.07) is 6.00. The molecular weight excluding hydrogens is 525 g/mol. The number of halogens is 1. The molecule has 0 spiro atoms. The maximum atomic E-state index is 14.5. The Kier molecular flexibility index (Phi) is 7.29. The van der Waals surface area contributed by atoms with Gasteiger partial charge in [-0.15, -0.1) is 0 Å². The highest BCUT2D eigenvalue weighted by Gasteiger charge is 2.42. The zero-order chi connectivity index (χ0) is 26.4. The molecule has 10 nitrogen and oxygen atoms in total. The molecule has 1 atom stereocenters. The predicted molar refractivity (Wildman–Crippen MR) is 131 cm³/mol. The maximum absolute atomic E-state index is 14.5. The largest absolute Gasteiger partial charge is 0.477 e. The molecule has 0 bridgehead atoms. The Morgan fingerprint density at radius 2 is 1.81 bits per heavy atom. The number of hydrogen-bond donors (Lipinski definition) is 2. The number of rotatable bonds is 9. The standard InChI is InChI=1S/C24H30FN3O7S2/c25-20-11-18(37(26,32)33)3-4-22(20)36(30,31)19-12-28(13-19)24(29)17-9-21(16-1-2-16)27-23(10-17)35-14-15-5-7-34-8-6-15/h3-4,9-11,15-16,19,24,29H,1-2,5-8,12-14H2,(H2,26,32,33). The molecule has 1 aliphatic carbocycles. The van der Waals surface area contributed by atoms with E-state index in [0.29, 0.717) is 49.2 Å². The SMILES string of the molecule is NS(=O)(=O)c1ccc(S(=O)(=O)C2CN(C(O)c3cc(OCC4CCOCC4)nc(C4CC4)c3)C2)c(F)c1. The van der Waals surface area contributed by atoms with Crippen molar-refractivity contribution in [1.82, 2.24) is 9.88 Å². The summed E-state index contributed by atoms with van der Waals surface area (Å²) in [5.74, 6) is -0.0358. The third kappa shape index (κ3) is 5.81. The van der Waals surface area contributed by atoms with Gasteiger partial charge in [-0.1, -0.05) is 0 Å². The summed E-state index contributed by atoms with van der Waals surface area (Å²) < 4.78 is 74.7. The van der Waals surface area contributed by atoms with E-state index >= 15 is 0 Å². The number of hydrogen-bond acceptors (Lipinski definition) is 9. The van der Waals surface area contributed by atoms with Crippen LogP contribution < -0.4 is 9.88 Å². The van der Waals surface area contributed by atoms with Crippen LogP contribution in [0.2, 0.25) is 0 Å². The Labute approximate surface area is 215 Å². The monoisotopic (exact) mass is 555 g/mol. The Bertz CT molecular complexity index is 1370. The topological polar surface area (TPSA) is 149 Å². The van der Waals surface area contributed by atoms with Gasteiger partial charge < -0.3 is 14.6 Å². The molecule has 13 heteroatoms. The van der Waals surface area contributed by atoms with E-state index in [9.17, 15) is 26.3 Å². The number of aromatic nitrogens is 1. The van der Waals surface area contributed by atoms with E-state index in [-0.39, 0.29) is 13.1 Å². The fraction of sp³-hybridized carbons (Fsp3) is 0.542. The highest BCUT2D eigenvalue weighted by Crippen LogP contribution is 2.41. The summed E-state index contributed by atoms with van der Waals surface area (Å²) in [5.41, 5.74) is 1.42. The molecule has 0 amide bonds. The van der Waals surface area contributed by atoms with Gasteiger partial charge in [0, 0.05) is 49.5 Å². The minimum absolute atomic E-state index is 0.0147. The zero-order valence-corrected chi connectivity index (χ0v) is 21.8. The van der Waals surface area contributed by atoms with E-state index in [1.165, 1.54) is 0 Å². The van der Waals surface area contributed by atoms with Crippen molar-refractivity contribution in [3.8, 4) is 5.88 Å². The van der Waals surface area contributed by atoms with Crippen molar-refractivity contribution >= 4 is 19.9 Å². The Morgan fingerprint density at radius 1 is 1.11 bits per heavy atom. The van der Waals surface area contributed by atoms with Crippen LogP contribution in [0.25, 0.3) is 0 Å². The molecule has 3 N–H and O–H groups in total. The van der Waals surface area contributed by atoms with Crippen LogP contribution >= 0.6 is 0 Å². The Morgan fingerprint density at radius 3 is 2.43 bits per heavy atom. The average molecular weight is 556 g/mol. The van der Waals surface area contributed by atoms with Crippen molar-refractivity contribution in [3.63, 3.8) is 0 Å². The van der Waals surface area contributed by atoms with E-state index < -0.39 is 46.9 Å². The second-order valence-electron chi connectivity index (χ2n) is 9.94. The van der Waals surface area contributed by atoms with Crippen molar-refractivity contribution in [2.75, 3.05) is 32.9 Å². The zero-order valence-electron chi connectivity index (χ0n) is 20.1. The van der Waals surface area contributed by atoms with Crippen LogP contribution in [0.1, 0.15) is 49.1 Å². The molecule has 37 heavy (non-hydrogen) atoms. The summed E-state index contributed by atoms with van der Waals surface area (Å²) in [6.07, 6.45) is 2.81. The van der Waals surface area contributed by atoms with E-state index in [0.717, 1.165) is 43.5 Å². The van der Waals surface area contributed by atoms with Gasteiger partial charge in [-0.05, 0) is 55.9 Å². The van der Waals surface area contributed by atoms with Crippen LogP contribution in [0, 0.1) is 11.7 Å². The number of likely N-dealkylation sites (tertiary alicyclic amines) is 1. The number of nitrogens with zero attached hydrogens (tertiary/aromatic N) is 2. The van der Waals surface area contributed by atoms with Crippen LogP contribution in [-0.2, 0) is 24.6 Å². The van der Waals surface area contributed by atoms with E-state index in [4.69, 9.17) is 14.6 Å². The van der Waals surface area contributed by atoms with Crippen molar-refractivity contribution in [2.24, 2.45) is 11.1 Å². The summed E-state index contributed by atoms with van der Waals surface area (Å²) in [7, 11) is -8.26. The van der Waals surface area contributed by atoms with Gasteiger partial charge in [0.1, 0.15) is 16.9 Å². The van der Waals surface area contributed by atoms with Gasteiger partial charge in [-0.25, -0.2) is 31.3 Å². The molecule has 2 aromatic rings. The molecule has 3 fully saturated rings. The molecule has 1 aromatic heterocycles. The first-order valence-corrected chi connectivity index (χ1v) is 15.3. The van der Waals surface area contributed by atoms with Gasteiger partial charge in [0.15, 0.2) is 9.84 Å². The van der Waals surface area contributed by atoms with Crippen molar-refractivity contribution in [3.05, 3.63) is 47.4 Å². The molecule has 0 radical (unpaired) electrons. The molecule has 202 valence electrons. The number of primary sulfonamides is 1. The molecule has 5 rings (SSSR count). The number of nitrogens with two attached hydrogens (primary N) is 1. The van der Waals surface area contributed by atoms with Gasteiger partial charge in [0.25, 0.3) is 0 Å². The average Bonchev–Trinajstić information content (AvgIpc) is 3.67. The van der Waals surface area contributed by atoms with Gasteiger partial charge in [-0.2, -0.15) is 0 Å². The Balaban J connectivity index is 1.27. The molecule has 1 saturated carbocycles. The lowest BCUT2D eigenvalue weighted by molar-refractivity contribution is -0.0345. The van der Waals surface area contributed by atoms with Crippen LogP contribution in [-0.4, -0.2) is 70.0 Å². The van der Waals surface area contributed by atoms with Crippen molar-refractivity contribution < 1.29 is 35.8 Å². The minimum Gasteiger partial charge on any atom is -0.477 e. The van der Waals surface area contributed by atoms with E-state index in [1.807, 2.05) is 6.07 Å². The number of benzene rings is 1. The van der Waals surface area contributed by atoms with Gasteiger partial charge in [-0.3, -0.25) is 4.90 Å². The minimum atomic E-state index is -4.17. The van der Waals surface area contributed by atoms with Gasteiger partial charge in [0.2, 0.25) is 15.9 Å². The quantitative estimate of drug-likeness (QED) is 0.471. The third-order valence-electron chi connectivity index (χ3n) is 7.14. The summed E-state index contributed by atoms with van der Waals surface area (Å²) >= 11 is 0. The molecule has 3 heterocycles. The van der Waals surface area contributed by atoms with Crippen LogP contribution in [0.5, 0.6) is 5.88 Å². The first-order chi connectivity index (χ1) is 17.5. The molecule has 3 aliphatic rings. The van der Waals surface area contributed by atoms with Crippen molar-refractivity contribution in [1.29, 1.82) is 0 Å². The maximum Gasteiger partial charge on any atom is 0.238 e. The van der Waals surface area contributed by atoms with Gasteiger partial charge in [0.05, 0.1) is 16.8 Å². The van der Waals surface area contributed by atoms with Crippen LogP contribution in [0.15, 0.2) is 40.1 Å². The number of aliphatic hydroxyl groups excluding tert-OH is 1. The van der Waals surface area contributed by atoms with Crippen molar-refractivity contribution in [2.45, 2.75) is 52.9 Å². The molecule has 2 saturated heterocycles. The highest BCUT2D eigenvalue weighted by atomic mass is 32.2. The number of sulfone groups is 1. The second-order valence-corrected chi connectivity index (χ2v) is 13.7.